The molecule has 0 radical (unpaired) electrons. The quantitative estimate of drug-likeness (QED) is 0.464. The van der Waals surface area contributed by atoms with Crippen molar-refractivity contribution >= 4 is 0 Å². The summed E-state index contributed by atoms with van der Waals surface area (Å²) in [6.45, 7) is 0. The van der Waals surface area contributed by atoms with Gasteiger partial charge in [-0.25, -0.2) is 0 Å². The highest BCUT2D eigenvalue weighted by Crippen LogP contribution is 2.01. The van der Waals surface area contributed by atoms with Gasteiger partial charge < -0.3 is 15.3 Å². The van der Waals surface area contributed by atoms with Crippen LogP contribution in [0.2, 0.25) is 0 Å². The van der Waals surface area contributed by atoms with Gasteiger partial charge >= 0.3 is 0 Å². The van der Waals surface area contributed by atoms with Crippen LogP contribution in [0.25, 0.3) is 0 Å². The van der Waals surface area contributed by atoms with Crippen molar-refractivity contribution in [3.05, 3.63) is 23.9 Å². The van der Waals surface area contributed by atoms with Crippen LogP contribution >= 0.6 is 0 Å². The molecule has 4 heteroatoms. The first kappa shape index (κ1) is 5.81. The van der Waals surface area contributed by atoms with Gasteiger partial charge in [0.25, 0.3) is 0 Å². The molecule has 0 bridgehead atoms. The monoisotopic (exact) mass is 128 g/mol. The molecule has 1 rings (SSSR count). The second-order valence-electron chi connectivity index (χ2n) is 1.52. The minimum Gasteiger partial charge on any atom is -0.503 e. The maximum absolute atomic E-state index is 8.93. The molecule has 1 aliphatic rings. The lowest BCUT2D eigenvalue weighted by Gasteiger charge is -2.12. The predicted molar refractivity (Wildman–Crippen MR) is 32.1 cm³/mol. The van der Waals surface area contributed by atoms with E-state index in [0.29, 0.717) is 5.88 Å². The topological polar surface area (TPSA) is 53.5 Å². The number of methoxy groups -OCH3 is 1. The lowest BCUT2D eigenvalue weighted by Crippen LogP contribution is -2.30. The highest BCUT2D eigenvalue weighted by atomic mass is 16.5. The van der Waals surface area contributed by atoms with E-state index >= 15 is 0 Å². The number of allylic oxidation sites excluding steroid dienone is 1. The maximum Gasteiger partial charge on any atom is 0.248 e. The smallest absolute Gasteiger partial charge is 0.248 e. The summed E-state index contributed by atoms with van der Waals surface area (Å²) in [5, 5.41) is 8.93. The van der Waals surface area contributed by atoms with Crippen LogP contribution in [0, 0.1) is 0 Å². The molecule has 0 fully saturated rings. The maximum atomic E-state index is 8.93. The Kier molecular flexibility index (Phi) is 1.48. The van der Waals surface area contributed by atoms with E-state index in [9.17, 15) is 0 Å². The van der Waals surface area contributed by atoms with Crippen LogP contribution in [-0.2, 0) is 4.74 Å². The Morgan fingerprint density at radius 1 is 1.67 bits per heavy atom. The fraction of sp³-hybridized carbons (Fsp3) is 0.200. The zero-order chi connectivity index (χ0) is 6.69. The Balaban J connectivity index is 2.72. The summed E-state index contributed by atoms with van der Waals surface area (Å²) in [7, 11) is 1.47. The van der Waals surface area contributed by atoms with Gasteiger partial charge in [-0.3, -0.25) is 5.43 Å². The molecular weight excluding hydrogens is 120 g/mol. The third-order valence-corrected chi connectivity index (χ3v) is 0.947. The van der Waals surface area contributed by atoms with Gasteiger partial charge in [0.15, 0.2) is 5.76 Å². The van der Waals surface area contributed by atoms with Crippen LogP contribution in [0.3, 0.4) is 0 Å². The van der Waals surface area contributed by atoms with Gasteiger partial charge in [0.1, 0.15) is 0 Å². The third kappa shape index (κ3) is 1.07. The number of nitrogens with one attached hydrogen (secondary N) is 2. The molecule has 0 saturated heterocycles. The Morgan fingerprint density at radius 2 is 2.44 bits per heavy atom. The zero-order valence-corrected chi connectivity index (χ0v) is 5.01. The molecule has 0 unspecified atom stereocenters. The minimum absolute atomic E-state index is 0.0938. The summed E-state index contributed by atoms with van der Waals surface area (Å²) in [5.74, 6) is 0.425. The third-order valence-electron chi connectivity index (χ3n) is 0.947. The van der Waals surface area contributed by atoms with Gasteiger partial charge in [-0.2, -0.15) is 0 Å². The minimum atomic E-state index is 0.0938. The van der Waals surface area contributed by atoms with Crippen LogP contribution in [0.4, 0.5) is 0 Å². The highest BCUT2D eigenvalue weighted by Gasteiger charge is 2.03. The number of aliphatic hydroxyl groups is 1. The van der Waals surface area contributed by atoms with E-state index < -0.39 is 0 Å². The number of hydrazine groups is 1. The molecule has 1 heterocycles. The Hall–Kier alpha value is -1.32. The van der Waals surface area contributed by atoms with Gasteiger partial charge in [0.05, 0.1) is 7.11 Å². The summed E-state index contributed by atoms with van der Waals surface area (Å²) >= 11 is 0. The van der Waals surface area contributed by atoms with Crippen molar-refractivity contribution in [2.24, 2.45) is 0 Å². The second-order valence-corrected chi connectivity index (χ2v) is 1.52. The predicted octanol–water partition coefficient (Wildman–Crippen LogP) is -0.0186. The van der Waals surface area contributed by atoms with Crippen molar-refractivity contribution in [2.75, 3.05) is 7.11 Å². The van der Waals surface area contributed by atoms with E-state index in [1.165, 1.54) is 13.2 Å². The molecule has 4 nitrogen and oxygen atoms in total. The number of hydrogen-bond acceptors (Lipinski definition) is 4. The molecule has 0 aromatic rings. The molecule has 0 saturated carbocycles. The number of hydrogen-bond donors (Lipinski definition) is 3. The van der Waals surface area contributed by atoms with Crippen molar-refractivity contribution in [3.8, 4) is 0 Å². The lowest BCUT2D eigenvalue weighted by atomic mass is 10.4. The van der Waals surface area contributed by atoms with Gasteiger partial charge in [-0.15, -0.1) is 0 Å². The van der Waals surface area contributed by atoms with Crippen molar-refractivity contribution in [3.63, 3.8) is 0 Å². The van der Waals surface area contributed by atoms with E-state index in [0.717, 1.165) is 0 Å². The Bertz CT molecular complexity index is 162. The standard InChI is InChI=1S/C5H8N2O2/c1-9-5-4(8)2-3-6-7-5/h2-3,6-8H,1H3. The van der Waals surface area contributed by atoms with E-state index in [1.54, 1.807) is 6.20 Å². The zero-order valence-electron chi connectivity index (χ0n) is 5.01. The number of aliphatic hydroxyl groups excluding tert-OH is 1. The Morgan fingerprint density at radius 3 is 2.89 bits per heavy atom. The molecule has 1 aliphatic heterocycles. The Labute approximate surface area is 52.8 Å². The molecule has 0 spiro atoms. The van der Waals surface area contributed by atoms with Gasteiger partial charge in [-0.05, 0) is 0 Å². The van der Waals surface area contributed by atoms with Gasteiger partial charge in [-0.1, -0.05) is 0 Å². The molecule has 0 atom stereocenters. The first-order valence-electron chi connectivity index (χ1n) is 2.50. The van der Waals surface area contributed by atoms with E-state index in [-0.39, 0.29) is 5.76 Å². The molecule has 0 aliphatic carbocycles. The second kappa shape index (κ2) is 2.30. The van der Waals surface area contributed by atoms with Crippen molar-refractivity contribution in [2.45, 2.75) is 0 Å². The first-order valence-corrected chi connectivity index (χ1v) is 2.50. The average molecular weight is 128 g/mol. The SMILES string of the molecule is COC1=C(O)C=CNN1. The normalized spacial score (nSPS) is 16.6. The first-order chi connectivity index (χ1) is 4.34. The fourth-order valence-corrected chi connectivity index (χ4v) is 0.523. The van der Waals surface area contributed by atoms with Crippen LogP contribution in [0.15, 0.2) is 23.9 Å². The van der Waals surface area contributed by atoms with Gasteiger partial charge in [0, 0.05) is 12.3 Å². The van der Waals surface area contributed by atoms with Gasteiger partial charge in [0.2, 0.25) is 5.88 Å². The molecule has 3 N–H and O–H groups in total. The van der Waals surface area contributed by atoms with Crippen LogP contribution < -0.4 is 10.9 Å². The number of ether oxygens (including phenoxy) is 1. The molecule has 0 aromatic carbocycles. The summed E-state index contributed by atoms with van der Waals surface area (Å²) < 4.78 is 4.71. The summed E-state index contributed by atoms with van der Waals surface area (Å²) in [4.78, 5) is 0. The van der Waals surface area contributed by atoms with E-state index in [2.05, 4.69) is 10.9 Å². The lowest BCUT2D eigenvalue weighted by molar-refractivity contribution is 0.221. The van der Waals surface area contributed by atoms with E-state index in [4.69, 9.17) is 9.84 Å². The largest absolute Gasteiger partial charge is 0.503 e. The van der Waals surface area contributed by atoms with Crippen LogP contribution in [-0.4, -0.2) is 12.2 Å². The molecular formula is C5H8N2O2. The van der Waals surface area contributed by atoms with E-state index in [1.807, 2.05) is 0 Å². The highest BCUT2D eigenvalue weighted by molar-refractivity contribution is 5.16. The van der Waals surface area contributed by atoms with Crippen molar-refractivity contribution in [1.29, 1.82) is 0 Å². The summed E-state index contributed by atoms with van der Waals surface area (Å²) in [6, 6.07) is 0. The molecule has 50 valence electrons. The average Bonchev–Trinajstić information content (AvgIpc) is 1.89. The number of rotatable bonds is 1. The molecule has 0 aromatic heterocycles. The van der Waals surface area contributed by atoms with Crippen molar-refractivity contribution in [1.82, 2.24) is 10.9 Å². The van der Waals surface area contributed by atoms with Crippen molar-refractivity contribution < 1.29 is 9.84 Å². The fourth-order valence-electron chi connectivity index (χ4n) is 0.523. The van der Waals surface area contributed by atoms with Crippen LogP contribution in [0.5, 0.6) is 0 Å². The summed E-state index contributed by atoms with van der Waals surface area (Å²) in [5.41, 5.74) is 5.23. The molecule has 0 amide bonds. The molecule has 9 heavy (non-hydrogen) atoms. The van der Waals surface area contributed by atoms with Crippen LogP contribution in [0.1, 0.15) is 0 Å². The summed E-state index contributed by atoms with van der Waals surface area (Å²) in [6.07, 6.45) is 3.06.